The van der Waals surface area contributed by atoms with Crippen LogP contribution in [-0.4, -0.2) is 42.1 Å². The van der Waals surface area contributed by atoms with E-state index in [0.717, 1.165) is 38.8 Å². The minimum atomic E-state index is -1.09. The number of likely N-dealkylation sites (tertiary alicyclic amines) is 1. The Morgan fingerprint density at radius 3 is 2.38 bits per heavy atom. The number of nitrogens with zero attached hydrogens (tertiary/aromatic N) is 2. The molecule has 1 aromatic carbocycles. The number of nitrogens with two attached hydrogens (primary N) is 1. The number of anilines is 2. The van der Waals surface area contributed by atoms with Crippen LogP contribution < -0.4 is 10.6 Å². The van der Waals surface area contributed by atoms with Crippen LogP contribution in [0, 0.1) is 0 Å². The van der Waals surface area contributed by atoms with Crippen molar-refractivity contribution in [3.63, 3.8) is 0 Å². The topological polar surface area (TPSA) is 86.9 Å². The molecule has 0 spiro atoms. The zero-order chi connectivity index (χ0) is 15.4. The van der Waals surface area contributed by atoms with Crippen molar-refractivity contribution in [1.82, 2.24) is 4.90 Å². The van der Waals surface area contributed by atoms with Gasteiger partial charge in [0.25, 0.3) is 0 Å². The maximum absolute atomic E-state index is 12.5. The molecule has 0 unspecified atom stereocenters. The first-order valence-corrected chi connectivity index (χ1v) is 7.16. The summed E-state index contributed by atoms with van der Waals surface area (Å²) < 4.78 is 0. The van der Waals surface area contributed by atoms with Gasteiger partial charge in [-0.25, -0.2) is 9.59 Å². The van der Waals surface area contributed by atoms with E-state index >= 15 is 0 Å². The molecule has 3 N–H and O–H groups in total. The molecule has 6 nitrogen and oxygen atoms in total. The van der Waals surface area contributed by atoms with E-state index in [-0.39, 0.29) is 11.6 Å². The molecule has 1 heterocycles. The summed E-state index contributed by atoms with van der Waals surface area (Å²) in [4.78, 5) is 27.0. The van der Waals surface area contributed by atoms with Crippen molar-refractivity contribution in [2.24, 2.45) is 0 Å². The van der Waals surface area contributed by atoms with Crippen LogP contribution in [0.25, 0.3) is 0 Å². The maximum atomic E-state index is 12.5. The molecule has 1 saturated heterocycles. The number of aromatic carboxylic acids is 1. The minimum absolute atomic E-state index is 0.0423. The highest BCUT2D eigenvalue weighted by Gasteiger charge is 2.23. The third-order valence-electron chi connectivity index (χ3n) is 3.78. The number of carbonyl (C=O) groups excluding carboxylic acids is 1. The van der Waals surface area contributed by atoms with E-state index in [1.807, 2.05) is 0 Å². The van der Waals surface area contributed by atoms with Crippen molar-refractivity contribution < 1.29 is 14.7 Å². The smallest absolute Gasteiger partial charge is 0.337 e. The van der Waals surface area contributed by atoms with Gasteiger partial charge < -0.3 is 15.7 Å². The fourth-order valence-electron chi connectivity index (χ4n) is 2.59. The van der Waals surface area contributed by atoms with E-state index in [2.05, 4.69) is 0 Å². The molecule has 1 aliphatic rings. The highest BCUT2D eigenvalue weighted by Crippen LogP contribution is 2.24. The van der Waals surface area contributed by atoms with Gasteiger partial charge in [-0.15, -0.1) is 0 Å². The summed E-state index contributed by atoms with van der Waals surface area (Å²) in [5.74, 6) is -1.09. The number of carbonyl (C=O) groups is 2. The number of hydrogen-bond acceptors (Lipinski definition) is 3. The summed E-state index contributed by atoms with van der Waals surface area (Å²) in [6.45, 7) is 1.45. The van der Waals surface area contributed by atoms with Crippen LogP contribution in [0.1, 0.15) is 36.0 Å². The number of amides is 2. The van der Waals surface area contributed by atoms with Crippen molar-refractivity contribution in [3.05, 3.63) is 23.8 Å². The number of nitrogen functional groups attached to an aromatic ring is 1. The summed E-state index contributed by atoms with van der Waals surface area (Å²) in [6, 6.07) is 4.40. The summed E-state index contributed by atoms with van der Waals surface area (Å²) in [5, 5.41) is 9.27. The van der Waals surface area contributed by atoms with E-state index in [4.69, 9.17) is 5.73 Å². The number of carboxylic acid groups (broad SMARTS) is 1. The molecular formula is C15H21N3O3. The van der Waals surface area contributed by atoms with Crippen LogP contribution in [0.5, 0.6) is 0 Å². The van der Waals surface area contributed by atoms with Gasteiger partial charge in [-0.3, -0.25) is 4.90 Å². The normalized spacial score (nSPS) is 15.4. The molecule has 1 aromatic rings. The van der Waals surface area contributed by atoms with Crippen LogP contribution >= 0.6 is 0 Å². The van der Waals surface area contributed by atoms with E-state index in [1.165, 1.54) is 11.0 Å². The van der Waals surface area contributed by atoms with E-state index in [9.17, 15) is 14.7 Å². The molecule has 1 fully saturated rings. The van der Waals surface area contributed by atoms with Crippen LogP contribution in [0.3, 0.4) is 0 Å². The lowest BCUT2D eigenvalue weighted by Crippen LogP contribution is -2.42. The molecule has 114 valence electrons. The van der Waals surface area contributed by atoms with Gasteiger partial charge in [0, 0.05) is 25.8 Å². The highest BCUT2D eigenvalue weighted by atomic mass is 16.4. The monoisotopic (exact) mass is 291 g/mol. The molecule has 0 saturated carbocycles. The van der Waals surface area contributed by atoms with Gasteiger partial charge in [-0.1, -0.05) is 12.8 Å². The van der Waals surface area contributed by atoms with Crippen molar-refractivity contribution in [2.75, 3.05) is 30.8 Å². The third-order valence-corrected chi connectivity index (χ3v) is 3.78. The summed E-state index contributed by atoms with van der Waals surface area (Å²) in [7, 11) is 1.60. The molecule has 0 bridgehead atoms. The lowest BCUT2D eigenvalue weighted by molar-refractivity contribution is 0.0697. The van der Waals surface area contributed by atoms with Gasteiger partial charge in [-0.05, 0) is 31.0 Å². The first kappa shape index (κ1) is 15.2. The van der Waals surface area contributed by atoms with Crippen LogP contribution in [0.4, 0.5) is 16.2 Å². The Morgan fingerprint density at radius 1 is 1.19 bits per heavy atom. The number of hydrogen-bond donors (Lipinski definition) is 2. The Balaban J connectivity index is 2.24. The Hall–Kier alpha value is -2.24. The summed E-state index contributed by atoms with van der Waals surface area (Å²) in [6.07, 6.45) is 4.26. The van der Waals surface area contributed by atoms with Crippen LogP contribution in [-0.2, 0) is 0 Å². The Morgan fingerprint density at radius 2 is 1.81 bits per heavy atom. The number of benzene rings is 1. The van der Waals surface area contributed by atoms with Crippen molar-refractivity contribution >= 4 is 23.4 Å². The number of carboxylic acids is 1. The van der Waals surface area contributed by atoms with Crippen molar-refractivity contribution in [1.29, 1.82) is 0 Å². The SMILES string of the molecule is CN(C(=O)N1CCCCCC1)c1ccc(N)cc1C(=O)O. The highest BCUT2D eigenvalue weighted by molar-refractivity contribution is 6.01. The molecule has 0 atom stereocenters. The van der Waals surface area contributed by atoms with E-state index in [0.29, 0.717) is 11.4 Å². The summed E-state index contributed by atoms with van der Waals surface area (Å²) >= 11 is 0. The molecule has 0 radical (unpaired) electrons. The first-order valence-electron chi connectivity index (χ1n) is 7.16. The fraction of sp³-hybridized carbons (Fsp3) is 0.467. The van der Waals surface area contributed by atoms with Gasteiger partial charge in [-0.2, -0.15) is 0 Å². The first-order chi connectivity index (χ1) is 10.0. The molecular weight excluding hydrogens is 270 g/mol. The lowest BCUT2D eigenvalue weighted by atomic mass is 10.1. The average molecular weight is 291 g/mol. The molecule has 1 aliphatic heterocycles. The van der Waals surface area contributed by atoms with Crippen molar-refractivity contribution in [3.8, 4) is 0 Å². The van der Waals surface area contributed by atoms with Gasteiger partial charge in [0.2, 0.25) is 0 Å². The minimum Gasteiger partial charge on any atom is -0.478 e. The quantitative estimate of drug-likeness (QED) is 0.819. The molecule has 2 amide bonds. The lowest BCUT2D eigenvalue weighted by Gasteiger charge is -2.28. The second kappa shape index (κ2) is 6.47. The predicted molar refractivity (Wildman–Crippen MR) is 81.7 cm³/mol. The van der Waals surface area contributed by atoms with Crippen molar-refractivity contribution in [2.45, 2.75) is 25.7 Å². The predicted octanol–water partition coefficient (Wildman–Crippen LogP) is 2.40. The third kappa shape index (κ3) is 3.45. The molecule has 2 rings (SSSR count). The molecule has 0 aliphatic carbocycles. The second-order valence-electron chi connectivity index (χ2n) is 5.32. The standard InChI is InChI=1S/C15H21N3O3/c1-17(15(21)18-8-4-2-3-5-9-18)13-7-6-11(16)10-12(13)14(19)20/h6-7,10H,2-5,8-9,16H2,1H3,(H,19,20). The number of urea groups is 1. The largest absolute Gasteiger partial charge is 0.478 e. The fourth-order valence-corrected chi connectivity index (χ4v) is 2.59. The molecule has 6 heteroatoms. The Labute approximate surface area is 124 Å². The summed E-state index contributed by atoms with van der Waals surface area (Å²) in [5.41, 5.74) is 6.40. The second-order valence-corrected chi connectivity index (χ2v) is 5.32. The Bertz CT molecular complexity index is 537. The zero-order valence-corrected chi connectivity index (χ0v) is 12.2. The maximum Gasteiger partial charge on any atom is 0.337 e. The number of rotatable bonds is 2. The van der Waals surface area contributed by atoms with E-state index in [1.54, 1.807) is 24.1 Å². The van der Waals surface area contributed by atoms with Crippen LogP contribution in [0.2, 0.25) is 0 Å². The Kier molecular flexibility index (Phi) is 4.67. The average Bonchev–Trinajstić information content (AvgIpc) is 2.74. The van der Waals surface area contributed by atoms with Gasteiger partial charge in [0.1, 0.15) is 0 Å². The molecule has 21 heavy (non-hydrogen) atoms. The van der Waals surface area contributed by atoms with Crippen LogP contribution in [0.15, 0.2) is 18.2 Å². The van der Waals surface area contributed by atoms with E-state index < -0.39 is 5.97 Å². The zero-order valence-electron chi connectivity index (χ0n) is 12.2. The van der Waals surface area contributed by atoms with Gasteiger partial charge in [0.15, 0.2) is 0 Å². The van der Waals surface area contributed by atoms with Gasteiger partial charge >= 0.3 is 12.0 Å². The van der Waals surface area contributed by atoms with Gasteiger partial charge in [0.05, 0.1) is 11.3 Å². The molecule has 0 aromatic heterocycles.